The van der Waals surface area contributed by atoms with Crippen molar-refractivity contribution in [3.8, 4) is 0 Å². The van der Waals surface area contributed by atoms with Gasteiger partial charge in [-0.3, -0.25) is 24.0 Å². The lowest BCUT2D eigenvalue weighted by molar-refractivity contribution is -0.144. The first-order valence-corrected chi connectivity index (χ1v) is 8.21. The molecule has 0 aliphatic rings. The summed E-state index contributed by atoms with van der Waals surface area (Å²) < 4.78 is 0. The Morgan fingerprint density at radius 3 is 1.93 bits per heavy atom. The number of carboxylic acids is 2. The van der Waals surface area contributed by atoms with Gasteiger partial charge in [-0.2, -0.15) is 0 Å². The highest BCUT2D eigenvalue weighted by atomic mass is 16.4. The predicted molar refractivity (Wildman–Crippen MR) is 93.4 cm³/mol. The van der Waals surface area contributed by atoms with Crippen molar-refractivity contribution < 1.29 is 39.0 Å². The first-order chi connectivity index (χ1) is 12.8. The molecule has 0 aromatic rings. The molecule has 0 rings (SSSR count). The Morgan fingerprint density at radius 1 is 0.929 bits per heavy atom. The van der Waals surface area contributed by atoms with Crippen molar-refractivity contribution in [2.24, 2.45) is 17.4 Å². The van der Waals surface area contributed by atoms with E-state index >= 15 is 0 Å². The topological polar surface area (TPSA) is 231 Å². The SMILES string of the molecule is CC(C)C(NC(=O)C(CC(=O)O)NC(=O)CNC(=O)C(N)CC(N)=O)C(=O)O. The summed E-state index contributed by atoms with van der Waals surface area (Å²) in [5.74, 6) is -6.81. The second-order valence-corrected chi connectivity index (χ2v) is 6.28. The van der Waals surface area contributed by atoms with Gasteiger partial charge in [0.25, 0.3) is 0 Å². The monoisotopic (exact) mass is 403 g/mol. The van der Waals surface area contributed by atoms with Gasteiger partial charge in [-0.15, -0.1) is 0 Å². The van der Waals surface area contributed by atoms with Crippen molar-refractivity contribution in [1.82, 2.24) is 16.0 Å². The summed E-state index contributed by atoms with van der Waals surface area (Å²) in [6.45, 7) is 2.42. The Labute approximate surface area is 160 Å². The number of carbonyl (C=O) groups excluding carboxylic acids is 4. The average molecular weight is 403 g/mol. The molecule has 3 atom stereocenters. The number of carboxylic acid groups (broad SMARTS) is 2. The number of rotatable bonds is 12. The Hall–Kier alpha value is -3.22. The lowest BCUT2D eigenvalue weighted by Crippen LogP contribution is -2.55. The van der Waals surface area contributed by atoms with Gasteiger partial charge in [-0.25, -0.2) is 4.79 Å². The molecule has 3 unspecified atom stereocenters. The van der Waals surface area contributed by atoms with Crippen LogP contribution in [0.2, 0.25) is 0 Å². The Kier molecular flexibility index (Phi) is 10.2. The molecule has 158 valence electrons. The summed E-state index contributed by atoms with van der Waals surface area (Å²) in [4.78, 5) is 68.5. The fraction of sp³-hybridized carbons (Fsp3) is 0.600. The van der Waals surface area contributed by atoms with Crippen LogP contribution in [-0.4, -0.2) is 70.5 Å². The van der Waals surface area contributed by atoms with Gasteiger partial charge >= 0.3 is 11.9 Å². The predicted octanol–water partition coefficient (Wildman–Crippen LogP) is -3.51. The number of hydrogen-bond donors (Lipinski definition) is 7. The van der Waals surface area contributed by atoms with Gasteiger partial charge in [0.15, 0.2) is 0 Å². The van der Waals surface area contributed by atoms with Crippen LogP contribution in [0.25, 0.3) is 0 Å². The number of nitrogens with two attached hydrogens (primary N) is 2. The minimum atomic E-state index is -1.57. The fourth-order valence-corrected chi connectivity index (χ4v) is 2.00. The molecule has 28 heavy (non-hydrogen) atoms. The largest absolute Gasteiger partial charge is 0.481 e. The molecule has 13 nitrogen and oxygen atoms in total. The lowest BCUT2D eigenvalue weighted by Gasteiger charge is -2.22. The molecule has 13 heteroatoms. The van der Waals surface area contributed by atoms with E-state index in [0.717, 1.165) is 0 Å². The molecule has 0 spiro atoms. The molecule has 0 aliphatic heterocycles. The van der Waals surface area contributed by atoms with E-state index in [1.54, 1.807) is 0 Å². The highest BCUT2D eigenvalue weighted by Gasteiger charge is 2.30. The maximum absolute atomic E-state index is 12.2. The van der Waals surface area contributed by atoms with Gasteiger partial charge in [0, 0.05) is 0 Å². The number of aliphatic carboxylic acids is 2. The third kappa shape index (κ3) is 9.47. The molecule has 0 aromatic heterocycles. The van der Waals surface area contributed by atoms with Crippen LogP contribution >= 0.6 is 0 Å². The molecular formula is C15H25N5O8. The van der Waals surface area contributed by atoms with E-state index in [-0.39, 0.29) is 0 Å². The zero-order valence-corrected chi connectivity index (χ0v) is 15.4. The van der Waals surface area contributed by atoms with Crippen molar-refractivity contribution in [3.63, 3.8) is 0 Å². The Balaban J connectivity index is 4.90. The second kappa shape index (κ2) is 11.5. The van der Waals surface area contributed by atoms with E-state index in [9.17, 15) is 28.8 Å². The van der Waals surface area contributed by atoms with Gasteiger partial charge in [-0.1, -0.05) is 13.8 Å². The van der Waals surface area contributed by atoms with Gasteiger partial charge in [0.2, 0.25) is 23.6 Å². The number of amides is 4. The number of carbonyl (C=O) groups is 6. The minimum absolute atomic E-state index is 0.441. The zero-order valence-electron chi connectivity index (χ0n) is 15.4. The minimum Gasteiger partial charge on any atom is -0.481 e. The quantitative estimate of drug-likeness (QED) is 0.171. The standard InChI is InChI=1S/C15H25N5O8/c1-6(2)12(15(27)28)20-14(26)8(4-11(23)24)19-10(22)5-18-13(25)7(16)3-9(17)21/h6-8,12H,3-5,16H2,1-2H3,(H2,17,21)(H,18,25)(H,19,22)(H,20,26)(H,23,24)(H,27,28). The fourth-order valence-electron chi connectivity index (χ4n) is 2.00. The van der Waals surface area contributed by atoms with Crippen molar-refractivity contribution in [1.29, 1.82) is 0 Å². The maximum Gasteiger partial charge on any atom is 0.326 e. The van der Waals surface area contributed by atoms with Crippen LogP contribution < -0.4 is 27.4 Å². The van der Waals surface area contributed by atoms with E-state index in [1.807, 2.05) is 0 Å². The first-order valence-electron chi connectivity index (χ1n) is 8.21. The molecule has 0 heterocycles. The van der Waals surface area contributed by atoms with Gasteiger partial charge in [0.1, 0.15) is 12.1 Å². The van der Waals surface area contributed by atoms with E-state index in [2.05, 4.69) is 16.0 Å². The summed E-state index contributed by atoms with van der Waals surface area (Å²) in [7, 11) is 0. The summed E-state index contributed by atoms with van der Waals surface area (Å²) in [5.41, 5.74) is 10.3. The summed E-state index contributed by atoms with van der Waals surface area (Å²) >= 11 is 0. The van der Waals surface area contributed by atoms with E-state index in [0.29, 0.717) is 0 Å². The molecule has 0 bridgehead atoms. The van der Waals surface area contributed by atoms with Crippen LogP contribution in [0.15, 0.2) is 0 Å². The third-order valence-corrected chi connectivity index (χ3v) is 3.44. The van der Waals surface area contributed by atoms with E-state index in [1.165, 1.54) is 13.8 Å². The molecule has 4 amide bonds. The summed E-state index contributed by atoms with van der Waals surface area (Å²) in [5, 5.41) is 24.3. The van der Waals surface area contributed by atoms with Crippen molar-refractivity contribution in [3.05, 3.63) is 0 Å². The van der Waals surface area contributed by atoms with Gasteiger partial charge < -0.3 is 37.6 Å². The van der Waals surface area contributed by atoms with Crippen LogP contribution in [-0.2, 0) is 28.8 Å². The van der Waals surface area contributed by atoms with Crippen LogP contribution in [0.5, 0.6) is 0 Å². The summed E-state index contributed by atoms with van der Waals surface area (Å²) in [6.07, 6.45) is -1.25. The van der Waals surface area contributed by atoms with Crippen LogP contribution in [0.1, 0.15) is 26.7 Å². The van der Waals surface area contributed by atoms with E-state index in [4.69, 9.17) is 21.7 Å². The molecular weight excluding hydrogens is 378 g/mol. The van der Waals surface area contributed by atoms with E-state index < -0.39 is 79.0 Å². The molecule has 9 N–H and O–H groups in total. The maximum atomic E-state index is 12.2. The molecule has 0 saturated carbocycles. The van der Waals surface area contributed by atoms with Crippen molar-refractivity contribution in [2.45, 2.75) is 44.8 Å². The van der Waals surface area contributed by atoms with Crippen LogP contribution in [0.3, 0.4) is 0 Å². The van der Waals surface area contributed by atoms with Crippen LogP contribution in [0, 0.1) is 5.92 Å². The molecule has 0 radical (unpaired) electrons. The average Bonchev–Trinajstić information content (AvgIpc) is 2.54. The van der Waals surface area contributed by atoms with Crippen molar-refractivity contribution >= 4 is 35.6 Å². The highest BCUT2D eigenvalue weighted by Crippen LogP contribution is 2.03. The lowest BCUT2D eigenvalue weighted by atomic mass is 10.0. The Bertz CT molecular complexity index is 636. The summed E-state index contributed by atoms with van der Waals surface area (Å²) in [6, 6.07) is -4.13. The molecule has 0 aromatic carbocycles. The third-order valence-electron chi connectivity index (χ3n) is 3.44. The molecule has 0 aliphatic carbocycles. The second-order valence-electron chi connectivity index (χ2n) is 6.28. The number of hydrogen-bond acceptors (Lipinski definition) is 7. The molecule has 0 fully saturated rings. The van der Waals surface area contributed by atoms with Gasteiger partial charge in [-0.05, 0) is 5.92 Å². The smallest absolute Gasteiger partial charge is 0.326 e. The normalized spacial score (nSPS) is 13.7. The first kappa shape index (κ1) is 24.8. The Morgan fingerprint density at radius 2 is 1.50 bits per heavy atom. The van der Waals surface area contributed by atoms with Crippen LogP contribution in [0.4, 0.5) is 0 Å². The van der Waals surface area contributed by atoms with Crippen molar-refractivity contribution in [2.75, 3.05) is 6.54 Å². The molecule has 0 saturated heterocycles. The van der Waals surface area contributed by atoms with Gasteiger partial charge in [0.05, 0.1) is 25.4 Å². The highest BCUT2D eigenvalue weighted by molar-refractivity contribution is 5.94. The zero-order chi connectivity index (χ0) is 22.0. The number of nitrogens with one attached hydrogen (secondary N) is 3. The number of primary amides is 1.